The van der Waals surface area contributed by atoms with Gasteiger partial charge < -0.3 is 11.5 Å². The highest BCUT2D eigenvalue weighted by atomic mass is 14.9. The summed E-state index contributed by atoms with van der Waals surface area (Å²) in [7, 11) is 0. The summed E-state index contributed by atoms with van der Waals surface area (Å²) >= 11 is 0. The molecule has 2 heteroatoms. The zero-order valence-corrected chi connectivity index (χ0v) is 7.83. The van der Waals surface area contributed by atoms with Crippen molar-refractivity contribution in [3.8, 4) is 0 Å². The van der Waals surface area contributed by atoms with Gasteiger partial charge in [0.2, 0.25) is 0 Å². The van der Waals surface area contributed by atoms with Gasteiger partial charge in [-0.3, -0.25) is 0 Å². The van der Waals surface area contributed by atoms with Crippen molar-refractivity contribution < 1.29 is 0 Å². The molecule has 0 fully saturated rings. The first-order valence-corrected chi connectivity index (χ1v) is 4.78. The number of rotatable bonds is 0. The van der Waals surface area contributed by atoms with Gasteiger partial charge in [0.1, 0.15) is 0 Å². The van der Waals surface area contributed by atoms with Gasteiger partial charge in [-0.05, 0) is 28.3 Å². The molecule has 0 radical (unpaired) electrons. The van der Waals surface area contributed by atoms with E-state index in [9.17, 15) is 0 Å². The van der Waals surface area contributed by atoms with Gasteiger partial charge in [0.05, 0.1) is 5.66 Å². The maximum atomic E-state index is 5.88. The molecule has 0 aromatic heterocycles. The van der Waals surface area contributed by atoms with Crippen LogP contribution in [0.5, 0.6) is 0 Å². The zero-order valence-electron chi connectivity index (χ0n) is 7.83. The molecule has 3 rings (SSSR count). The van der Waals surface area contributed by atoms with Crippen LogP contribution in [0.1, 0.15) is 17.5 Å². The lowest BCUT2D eigenvalue weighted by Gasteiger charge is -2.34. The lowest BCUT2D eigenvalue weighted by molar-refractivity contribution is 0.560. The average Bonchev–Trinajstić information content (AvgIpc) is 2.14. The summed E-state index contributed by atoms with van der Waals surface area (Å²) in [6, 6.07) is 8.35. The molecule has 0 aliphatic heterocycles. The number of fused-ring (bicyclic) bond motifs is 4. The molecule has 1 aromatic rings. The van der Waals surface area contributed by atoms with Crippen molar-refractivity contribution in [3.63, 3.8) is 0 Å². The minimum absolute atomic E-state index is 0.660. The predicted molar refractivity (Wildman–Crippen MR) is 58.1 cm³/mol. The lowest BCUT2D eigenvalue weighted by atomic mass is 9.73. The Morgan fingerprint density at radius 2 is 1.64 bits per heavy atom. The third kappa shape index (κ3) is 0.924. The van der Waals surface area contributed by atoms with Crippen molar-refractivity contribution in [3.05, 3.63) is 47.5 Å². The first kappa shape index (κ1) is 7.97. The maximum Gasteiger partial charge on any atom is 0.0873 e. The number of allylic oxidation sites excluding steroid dienone is 2. The second-order valence-electron chi connectivity index (χ2n) is 4.04. The Hall–Kier alpha value is -1.38. The Morgan fingerprint density at radius 3 is 2.36 bits per heavy atom. The van der Waals surface area contributed by atoms with Crippen molar-refractivity contribution in [1.29, 1.82) is 0 Å². The lowest BCUT2D eigenvalue weighted by Crippen LogP contribution is -2.48. The third-order valence-corrected chi connectivity index (χ3v) is 2.87. The Labute approximate surface area is 82.9 Å². The molecule has 0 bridgehead atoms. The van der Waals surface area contributed by atoms with Crippen LogP contribution >= 0.6 is 0 Å². The number of hydrogen-bond acceptors (Lipinski definition) is 2. The van der Waals surface area contributed by atoms with Crippen molar-refractivity contribution in [1.82, 2.24) is 0 Å². The molecule has 2 aliphatic carbocycles. The molecule has 0 unspecified atom stereocenters. The predicted octanol–water partition coefficient (Wildman–Crippen LogP) is 1.48. The summed E-state index contributed by atoms with van der Waals surface area (Å²) in [5.41, 5.74) is 16.2. The summed E-state index contributed by atoms with van der Waals surface area (Å²) in [4.78, 5) is 0. The van der Waals surface area contributed by atoms with Crippen LogP contribution < -0.4 is 11.5 Å². The molecule has 4 N–H and O–H groups in total. The Morgan fingerprint density at radius 1 is 1.00 bits per heavy atom. The van der Waals surface area contributed by atoms with E-state index in [-0.39, 0.29) is 0 Å². The van der Waals surface area contributed by atoms with Crippen LogP contribution in [-0.2, 0) is 0 Å². The monoisotopic (exact) mass is 184 g/mol. The second-order valence-corrected chi connectivity index (χ2v) is 4.04. The minimum atomic E-state index is -0.660. The molecular weight excluding hydrogens is 172 g/mol. The van der Waals surface area contributed by atoms with E-state index >= 15 is 0 Å². The fourth-order valence-corrected chi connectivity index (χ4v) is 2.16. The van der Waals surface area contributed by atoms with E-state index in [4.69, 9.17) is 11.5 Å². The first-order valence-electron chi connectivity index (χ1n) is 4.78. The molecule has 0 saturated heterocycles. The smallest absolute Gasteiger partial charge is 0.0873 e. The van der Waals surface area contributed by atoms with E-state index in [1.807, 2.05) is 12.1 Å². The molecule has 14 heavy (non-hydrogen) atoms. The Kier molecular flexibility index (Phi) is 1.34. The average molecular weight is 184 g/mol. The van der Waals surface area contributed by atoms with E-state index < -0.39 is 5.66 Å². The summed E-state index contributed by atoms with van der Waals surface area (Å²) < 4.78 is 0. The fourth-order valence-electron chi connectivity index (χ4n) is 2.16. The Balaban J connectivity index is 2.19. The largest absolute Gasteiger partial charge is 0.310 e. The van der Waals surface area contributed by atoms with Gasteiger partial charge in [-0.15, -0.1) is 0 Å². The van der Waals surface area contributed by atoms with E-state index in [2.05, 4.69) is 24.3 Å². The number of hydrogen-bond donors (Lipinski definition) is 2. The standard InChI is InChI=1S/C12H12N2/c13-12(14)6-5-10-8-3-1-2-4-9(8)11(10)7-12/h1-5,7H,6,13-14H2. The molecule has 0 amide bonds. The normalized spacial score (nSPS) is 21.3. The molecule has 70 valence electrons. The number of benzene rings is 1. The van der Waals surface area contributed by atoms with Gasteiger partial charge >= 0.3 is 0 Å². The summed E-state index contributed by atoms with van der Waals surface area (Å²) in [6.07, 6.45) is 4.84. The highest BCUT2D eigenvalue weighted by Crippen LogP contribution is 2.47. The maximum absolute atomic E-state index is 5.88. The van der Waals surface area contributed by atoms with Gasteiger partial charge in [-0.2, -0.15) is 0 Å². The topological polar surface area (TPSA) is 52.0 Å². The Bertz CT molecular complexity index is 467. The molecule has 0 atom stereocenters. The first-order chi connectivity index (χ1) is 6.67. The van der Waals surface area contributed by atoms with Gasteiger partial charge in [-0.1, -0.05) is 30.3 Å². The fraction of sp³-hybridized carbons (Fsp3) is 0.167. The molecule has 1 aromatic carbocycles. The van der Waals surface area contributed by atoms with Crippen molar-refractivity contribution in [2.24, 2.45) is 11.5 Å². The van der Waals surface area contributed by atoms with Gasteiger partial charge in [0.25, 0.3) is 0 Å². The molecule has 2 aliphatic rings. The SMILES string of the molecule is NC1(N)C=C2C(=CC1)c1ccccc12. The molecule has 0 heterocycles. The molecule has 0 spiro atoms. The molecular formula is C12H12N2. The van der Waals surface area contributed by atoms with E-state index in [1.54, 1.807) is 0 Å². The van der Waals surface area contributed by atoms with Gasteiger partial charge in [-0.25, -0.2) is 0 Å². The van der Waals surface area contributed by atoms with Crippen LogP contribution in [0, 0.1) is 0 Å². The van der Waals surface area contributed by atoms with Crippen molar-refractivity contribution in [2.45, 2.75) is 12.1 Å². The summed E-state index contributed by atoms with van der Waals surface area (Å²) in [6.45, 7) is 0. The minimum Gasteiger partial charge on any atom is -0.310 e. The second kappa shape index (κ2) is 2.35. The number of nitrogens with two attached hydrogens (primary N) is 2. The van der Waals surface area contributed by atoms with Crippen LogP contribution in [0.2, 0.25) is 0 Å². The van der Waals surface area contributed by atoms with Crippen molar-refractivity contribution in [2.75, 3.05) is 0 Å². The van der Waals surface area contributed by atoms with Gasteiger partial charge in [0, 0.05) is 6.42 Å². The zero-order chi connectivity index (χ0) is 9.76. The van der Waals surface area contributed by atoms with Crippen LogP contribution in [0.15, 0.2) is 36.4 Å². The quantitative estimate of drug-likeness (QED) is 0.600. The van der Waals surface area contributed by atoms with E-state index in [0.29, 0.717) is 0 Å². The molecule has 2 nitrogen and oxygen atoms in total. The molecule has 0 saturated carbocycles. The van der Waals surface area contributed by atoms with Crippen LogP contribution in [0.3, 0.4) is 0 Å². The summed E-state index contributed by atoms with van der Waals surface area (Å²) in [5, 5.41) is 0. The highest BCUT2D eigenvalue weighted by molar-refractivity contribution is 6.17. The van der Waals surface area contributed by atoms with E-state index in [0.717, 1.165) is 6.42 Å². The van der Waals surface area contributed by atoms with Gasteiger partial charge in [0.15, 0.2) is 0 Å². The van der Waals surface area contributed by atoms with Crippen LogP contribution in [-0.4, -0.2) is 5.66 Å². The van der Waals surface area contributed by atoms with Crippen molar-refractivity contribution >= 4 is 11.1 Å². The highest BCUT2D eigenvalue weighted by Gasteiger charge is 2.31. The third-order valence-electron chi connectivity index (χ3n) is 2.87. The van der Waals surface area contributed by atoms with E-state index in [1.165, 1.54) is 22.3 Å². The van der Waals surface area contributed by atoms with Crippen LogP contribution in [0.4, 0.5) is 0 Å². The summed E-state index contributed by atoms with van der Waals surface area (Å²) in [5.74, 6) is 0. The van der Waals surface area contributed by atoms with Crippen LogP contribution in [0.25, 0.3) is 11.1 Å².